The average Bonchev–Trinajstić information content (AvgIpc) is 3.00. The Kier molecular flexibility index (Phi) is 5.98. The summed E-state index contributed by atoms with van der Waals surface area (Å²) in [6, 6.07) is 3.33. The van der Waals surface area contributed by atoms with Crippen LogP contribution in [0.15, 0.2) is 18.2 Å². The van der Waals surface area contributed by atoms with Crippen LogP contribution in [0.1, 0.15) is 21.7 Å². The summed E-state index contributed by atoms with van der Waals surface area (Å²) in [5.41, 5.74) is 1.76. The molecule has 2 aromatic rings. The maximum absolute atomic E-state index is 14.1. The molecule has 1 atom stereocenters. The summed E-state index contributed by atoms with van der Waals surface area (Å²) in [5, 5.41) is 7.04. The predicted molar refractivity (Wildman–Crippen MR) is 110 cm³/mol. The minimum atomic E-state index is -1.21. The summed E-state index contributed by atoms with van der Waals surface area (Å²) in [7, 11) is 1.54. The van der Waals surface area contributed by atoms with Gasteiger partial charge in [-0.15, -0.1) is 0 Å². The van der Waals surface area contributed by atoms with Crippen molar-refractivity contribution in [1.82, 2.24) is 19.6 Å². The Balaban J connectivity index is 0.00000256. The number of hydrogen-bond donors (Lipinski definition) is 1. The van der Waals surface area contributed by atoms with Crippen LogP contribution in [0.4, 0.5) is 25.0 Å². The van der Waals surface area contributed by atoms with Crippen molar-refractivity contribution in [1.29, 1.82) is 0 Å². The van der Waals surface area contributed by atoms with E-state index in [2.05, 4.69) is 15.3 Å². The minimum absolute atomic E-state index is 0. The Morgan fingerprint density at radius 2 is 2.13 bits per heavy atom. The predicted octanol–water partition coefficient (Wildman–Crippen LogP) is 2.70. The van der Waals surface area contributed by atoms with Crippen LogP contribution in [0.5, 0.6) is 0 Å². The van der Waals surface area contributed by atoms with Crippen LogP contribution in [0.25, 0.3) is 4.85 Å². The van der Waals surface area contributed by atoms with E-state index in [0.29, 0.717) is 35.6 Å². The summed E-state index contributed by atoms with van der Waals surface area (Å²) in [6.07, 6.45) is -0.769. The molecule has 2 aliphatic rings. The zero-order valence-corrected chi connectivity index (χ0v) is 17.2. The number of nitrogens with one attached hydrogen (secondary N) is 1. The van der Waals surface area contributed by atoms with Crippen LogP contribution in [0.3, 0.4) is 0 Å². The van der Waals surface area contributed by atoms with Gasteiger partial charge in [-0.1, -0.05) is 0 Å². The van der Waals surface area contributed by atoms with Gasteiger partial charge in [-0.05, 0) is 18.2 Å². The molecule has 0 unspecified atom stereocenters. The van der Waals surface area contributed by atoms with E-state index in [-0.39, 0.29) is 44.7 Å². The fourth-order valence-electron chi connectivity index (χ4n) is 3.66. The molecular weight excluding hydrogens is 414 g/mol. The normalized spacial score (nSPS) is 17.9. The fourth-order valence-corrected chi connectivity index (χ4v) is 3.66. The molecule has 1 aromatic heterocycles. The third-order valence-electron chi connectivity index (χ3n) is 5.10. The number of halogens is 2. The van der Waals surface area contributed by atoms with Crippen molar-refractivity contribution < 1.29 is 18.4 Å². The molecule has 3 amide bonds. The van der Waals surface area contributed by atoms with E-state index in [1.54, 1.807) is 7.05 Å². The number of fused-ring (bicyclic) bond motifs is 3. The Morgan fingerprint density at radius 3 is 2.87 bits per heavy atom. The van der Waals surface area contributed by atoms with Crippen molar-refractivity contribution in [2.75, 3.05) is 25.5 Å². The van der Waals surface area contributed by atoms with E-state index in [1.165, 1.54) is 26.6 Å². The number of anilines is 1. The molecule has 8 nitrogen and oxygen atoms in total. The van der Waals surface area contributed by atoms with Crippen LogP contribution in [-0.2, 0) is 19.5 Å². The molecule has 0 saturated carbocycles. The first-order valence-corrected chi connectivity index (χ1v) is 9.08. The fraction of sp³-hybridized carbons (Fsp3) is 0.368. The molecule has 0 spiro atoms. The summed E-state index contributed by atoms with van der Waals surface area (Å²) in [5.74, 6) is -0.974. The summed E-state index contributed by atoms with van der Waals surface area (Å²) in [6.45, 7) is 7.49. The third-order valence-corrected chi connectivity index (χ3v) is 5.10. The van der Waals surface area contributed by atoms with Crippen molar-refractivity contribution >= 4 is 36.8 Å². The van der Waals surface area contributed by atoms with Crippen LogP contribution in [0, 0.1) is 12.4 Å². The van der Waals surface area contributed by atoms with Gasteiger partial charge in [-0.3, -0.25) is 9.48 Å². The van der Waals surface area contributed by atoms with Gasteiger partial charge in [-0.2, -0.15) is 18.6 Å². The molecule has 4 rings (SSSR count). The van der Waals surface area contributed by atoms with Gasteiger partial charge in [0.25, 0.3) is 5.91 Å². The number of alkyl halides is 1. The van der Waals surface area contributed by atoms with Gasteiger partial charge in [-0.25, -0.2) is 18.4 Å². The number of urea groups is 1. The van der Waals surface area contributed by atoms with E-state index >= 15 is 0 Å². The standard InChI is InChI=1S/C19H18F2N6O2.H2S/c1-22-16-7-12(3-4-14(16)21)23-19(29)26-6-5-15-13(10-26)17-18(28)25(2)8-11(20)9-27(17)24-15;/h3-4,7,11H,5-6,8-10H2,2H3,(H,23,29);1H2/t11-;/m1./s1. The van der Waals surface area contributed by atoms with Crippen molar-refractivity contribution in [3.8, 4) is 0 Å². The van der Waals surface area contributed by atoms with Gasteiger partial charge >= 0.3 is 6.03 Å². The van der Waals surface area contributed by atoms with E-state index < -0.39 is 18.0 Å². The summed E-state index contributed by atoms with van der Waals surface area (Å²) >= 11 is 0. The number of hydrogen-bond acceptors (Lipinski definition) is 3. The minimum Gasteiger partial charge on any atom is -0.337 e. The number of benzene rings is 1. The lowest BCUT2D eigenvalue weighted by molar-refractivity contribution is 0.0767. The number of carbonyl (C=O) groups excluding carboxylic acids is 2. The van der Waals surface area contributed by atoms with E-state index in [4.69, 9.17) is 6.57 Å². The maximum atomic E-state index is 14.1. The molecule has 0 aliphatic carbocycles. The molecule has 2 aliphatic heterocycles. The van der Waals surface area contributed by atoms with Gasteiger partial charge in [0, 0.05) is 31.3 Å². The van der Waals surface area contributed by atoms with E-state index in [1.807, 2.05) is 0 Å². The maximum Gasteiger partial charge on any atom is 0.322 e. The zero-order chi connectivity index (χ0) is 20.7. The topological polar surface area (TPSA) is 74.8 Å². The number of nitrogens with zero attached hydrogens (tertiary/aromatic N) is 5. The molecule has 0 bridgehead atoms. The Morgan fingerprint density at radius 1 is 1.37 bits per heavy atom. The van der Waals surface area contributed by atoms with Gasteiger partial charge in [0.1, 0.15) is 17.7 Å². The zero-order valence-electron chi connectivity index (χ0n) is 16.2. The van der Waals surface area contributed by atoms with Crippen molar-refractivity contribution in [3.05, 3.63) is 52.4 Å². The largest absolute Gasteiger partial charge is 0.337 e. The summed E-state index contributed by atoms with van der Waals surface area (Å²) < 4.78 is 29.0. The average molecular weight is 434 g/mol. The molecule has 1 aromatic carbocycles. The van der Waals surface area contributed by atoms with Gasteiger partial charge in [0.15, 0.2) is 0 Å². The molecule has 158 valence electrons. The smallest absolute Gasteiger partial charge is 0.322 e. The lowest BCUT2D eigenvalue weighted by Crippen LogP contribution is -2.39. The van der Waals surface area contributed by atoms with E-state index in [9.17, 15) is 18.4 Å². The first-order chi connectivity index (χ1) is 13.9. The molecule has 3 heterocycles. The van der Waals surface area contributed by atoms with Gasteiger partial charge in [0.05, 0.1) is 31.9 Å². The second-order valence-corrected chi connectivity index (χ2v) is 7.12. The van der Waals surface area contributed by atoms with Crippen molar-refractivity contribution in [2.24, 2.45) is 0 Å². The Hall–Kier alpha value is -3.13. The van der Waals surface area contributed by atoms with Crippen molar-refractivity contribution in [2.45, 2.75) is 25.7 Å². The van der Waals surface area contributed by atoms with Crippen molar-refractivity contribution in [3.63, 3.8) is 0 Å². The molecule has 0 radical (unpaired) electrons. The van der Waals surface area contributed by atoms with Gasteiger partial charge in [0.2, 0.25) is 5.69 Å². The molecule has 11 heteroatoms. The highest BCUT2D eigenvalue weighted by atomic mass is 32.1. The Labute approximate surface area is 178 Å². The summed E-state index contributed by atoms with van der Waals surface area (Å²) in [4.78, 5) is 31.3. The van der Waals surface area contributed by atoms with Crippen LogP contribution in [0.2, 0.25) is 0 Å². The van der Waals surface area contributed by atoms with E-state index in [0.717, 1.165) is 6.07 Å². The highest BCUT2D eigenvalue weighted by molar-refractivity contribution is 7.59. The first-order valence-electron chi connectivity index (χ1n) is 9.08. The van der Waals surface area contributed by atoms with Crippen LogP contribution < -0.4 is 5.32 Å². The Bertz CT molecular complexity index is 1050. The second-order valence-electron chi connectivity index (χ2n) is 7.12. The number of aromatic nitrogens is 2. The molecule has 30 heavy (non-hydrogen) atoms. The molecule has 0 fully saturated rings. The quantitative estimate of drug-likeness (QED) is 0.702. The first kappa shape index (κ1) is 21.6. The number of rotatable bonds is 1. The second kappa shape index (κ2) is 8.31. The highest BCUT2D eigenvalue weighted by Gasteiger charge is 2.34. The molecule has 0 saturated heterocycles. The number of amides is 3. The van der Waals surface area contributed by atoms with Crippen LogP contribution >= 0.6 is 13.5 Å². The monoisotopic (exact) mass is 434 g/mol. The molecule has 1 N–H and O–H groups in total. The third kappa shape index (κ3) is 3.82. The van der Waals surface area contributed by atoms with Crippen LogP contribution in [-0.4, -0.2) is 57.8 Å². The lowest BCUT2D eigenvalue weighted by atomic mass is 10.0. The highest BCUT2D eigenvalue weighted by Crippen LogP contribution is 2.27. The SMILES string of the molecule is S.[C-]#[N+]c1cc(NC(=O)N2CCc3nn4c(c3C2)C(=O)N(C)C[C@@H](F)C4)ccc1F. The lowest BCUT2D eigenvalue weighted by Gasteiger charge is -2.27. The number of carbonyl (C=O) groups is 2. The van der Waals surface area contributed by atoms with Gasteiger partial charge < -0.3 is 15.1 Å². The molecular formula is C19H20F2N6O2S.